The monoisotopic (exact) mass is 300 g/mol. The van der Waals surface area contributed by atoms with Crippen molar-refractivity contribution >= 4 is 17.4 Å². The van der Waals surface area contributed by atoms with Crippen LogP contribution in [0.2, 0.25) is 0 Å². The zero-order chi connectivity index (χ0) is 15.8. The molecule has 0 unspecified atom stereocenters. The molecule has 1 aromatic heterocycles. The number of urea groups is 1. The van der Waals surface area contributed by atoms with E-state index in [0.717, 1.165) is 17.6 Å². The highest BCUT2D eigenvalue weighted by atomic mass is 16.5. The van der Waals surface area contributed by atoms with E-state index in [-0.39, 0.29) is 6.03 Å². The van der Waals surface area contributed by atoms with Gasteiger partial charge in [-0.1, -0.05) is 31.5 Å². The van der Waals surface area contributed by atoms with Crippen LogP contribution < -0.4 is 16.1 Å². The normalized spacial score (nSPS) is 11.2. The van der Waals surface area contributed by atoms with Crippen molar-refractivity contribution in [3.63, 3.8) is 0 Å². The van der Waals surface area contributed by atoms with Crippen LogP contribution in [0.4, 0.5) is 16.2 Å². The highest BCUT2D eigenvalue weighted by molar-refractivity contribution is 5.99. The molecule has 116 valence electrons. The highest BCUT2D eigenvalue weighted by Crippen LogP contribution is 2.07. The van der Waals surface area contributed by atoms with Crippen LogP contribution in [-0.2, 0) is 0 Å². The summed E-state index contributed by atoms with van der Waals surface area (Å²) in [6.45, 7) is 2.71. The SMILES string of the molecule is CCCCN=c1cc(NC(=O)Nc2ccccc2)ccn1O. The Morgan fingerprint density at radius 2 is 1.91 bits per heavy atom. The predicted octanol–water partition coefficient (Wildman–Crippen LogP) is 3.07. The van der Waals surface area contributed by atoms with Gasteiger partial charge in [0, 0.05) is 30.2 Å². The Kier molecular flexibility index (Phi) is 5.59. The average molecular weight is 300 g/mol. The second kappa shape index (κ2) is 7.87. The number of unbranched alkanes of at least 4 members (excludes halogenated alkanes) is 1. The fourth-order valence-corrected chi connectivity index (χ4v) is 1.84. The van der Waals surface area contributed by atoms with Crippen LogP contribution in [0.15, 0.2) is 53.7 Å². The molecule has 0 saturated carbocycles. The lowest BCUT2D eigenvalue weighted by atomic mass is 10.3. The number of nitrogens with zero attached hydrogens (tertiary/aromatic N) is 2. The Morgan fingerprint density at radius 1 is 1.18 bits per heavy atom. The van der Waals surface area contributed by atoms with E-state index in [2.05, 4.69) is 22.5 Å². The van der Waals surface area contributed by atoms with Crippen LogP contribution in [0, 0.1) is 0 Å². The Hall–Kier alpha value is -2.76. The van der Waals surface area contributed by atoms with Crippen LogP contribution in [0.5, 0.6) is 0 Å². The number of hydrogen-bond donors (Lipinski definition) is 3. The molecule has 22 heavy (non-hydrogen) atoms. The molecule has 0 aliphatic carbocycles. The molecule has 0 radical (unpaired) electrons. The van der Waals surface area contributed by atoms with Gasteiger partial charge in [-0.2, -0.15) is 4.73 Å². The van der Waals surface area contributed by atoms with E-state index in [1.54, 1.807) is 24.3 Å². The van der Waals surface area contributed by atoms with Crippen LogP contribution in [0.25, 0.3) is 0 Å². The minimum absolute atomic E-state index is 0.346. The molecule has 0 bridgehead atoms. The van der Waals surface area contributed by atoms with Gasteiger partial charge in [-0.05, 0) is 24.6 Å². The summed E-state index contributed by atoms with van der Waals surface area (Å²) in [6, 6.07) is 12.1. The maximum Gasteiger partial charge on any atom is 0.323 e. The van der Waals surface area contributed by atoms with E-state index in [0.29, 0.717) is 23.4 Å². The van der Waals surface area contributed by atoms with E-state index >= 15 is 0 Å². The number of carbonyl (C=O) groups is 1. The number of hydrogen-bond acceptors (Lipinski definition) is 3. The third kappa shape index (κ3) is 4.66. The zero-order valence-electron chi connectivity index (χ0n) is 12.5. The van der Waals surface area contributed by atoms with E-state index < -0.39 is 0 Å². The average Bonchev–Trinajstić information content (AvgIpc) is 2.51. The van der Waals surface area contributed by atoms with Crippen LogP contribution in [-0.4, -0.2) is 22.5 Å². The number of benzene rings is 1. The summed E-state index contributed by atoms with van der Waals surface area (Å²) < 4.78 is 0.940. The second-order valence-corrected chi connectivity index (χ2v) is 4.80. The lowest BCUT2D eigenvalue weighted by Crippen LogP contribution is -2.23. The van der Waals surface area contributed by atoms with Crippen molar-refractivity contribution in [2.24, 2.45) is 4.99 Å². The Bertz CT molecular complexity index is 680. The Labute approximate surface area is 129 Å². The van der Waals surface area contributed by atoms with Crippen molar-refractivity contribution in [1.82, 2.24) is 4.73 Å². The highest BCUT2D eigenvalue weighted by Gasteiger charge is 2.03. The first kappa shape index (κ1) is 15.6. The van der Waals surface area contributed by atoms with Crippen molar-refractivity contribution < 1.29 is 10.0 Å². The number of amides is 2. The first-order chi connectivity index (χ1) is 10.7. The van der Waals surface area contributed by atoms with E-state index in [4.69, 9.17) is 0 Å². The molecule has 3 N–H and O–H groups in total. The summed E-state index contributed by atoms with van der Waals surface area (Å²) in [6.07, 6.45) is 3.43. The zero-order valence-corrected chi connectivity index (χ0v) is 12.5. The number of para-hydroxylation sites is 1. The number of rotatable bonds is 5. The smallest absolute Gasteiger partial charge is 0.323 e. The lowest BCUT2D eigenvalue weighted by Gasteiger charge is -2.08. The third-order valence-corrected chi connectivity index (χ3v) is 2.99. The molecule has 0 atom stereocenters. The summed E-state index contributed by atoms with van der Waals surface area (Å²) >= 11 is 0. The topological polar surface area (TPSA) is 78.7 Å². The molecule has 1 heterocycles. The molecule has 0 spiro atoms. The van der Waals surface area contributed by atoms with Gasteiger partial charge < -0.3 is 15.8 Å². The molecular weight excluding hydrogens is 280 g/mol. The molecule has 6 nitrogen and oxygen atoms in total. The van der Waals surface area contributed by atoms with Gasteiger partial charge in [-0.15, -0.1) is 0 Å². The van der Waals surface area contributed by atoms with Crippen molar-refractivity contribution in [3.8, 4) is 0 Å². The first-order valence-electron chi connectivity index (χ1n) is 7.24. The number of nitrogens with one attached hydrogen (secondary N) is 2. The summed E-state index contributed by atoms with van der Waals surface area (Å²) in [4.78, 5) is 16.2. The Morgan fingerprint density at radius 3 is 2.64 bits per heavy atom. The van der Waals surface area contributed by atoms with Gasteiger partial charge in [-0.3, -0.25) is 4.99 Å². The molecule has 2 aromatic rings. The first-order valence-corrected chi connectivity index (χ1v) is 7.24. The number of carbonyl (C=O) groups excluding carboxylic acids is 1. The van der Waals surface area contributed by atoms with E-state index in [1.807, 2.05) is 18.2 Å². The second-order valence-electron chi connectivity index (χ2n) is 4.80. The van der Waals surface area contributed by atoms with Gasteiger partial charge in [0.15, 0.2) is 5.49 Å². The third-order valence-electron chi connectivity index (χ3n) is 2.99. The number of anilines is 2. The van der Waals surface area contributed by atoms with Crippen LogP contribution in [0.3, 0.4) is 0 Å². The standard InChI is InChI=1S/C16H20N4O2/c1-2-3-10-17-15-12-14(9-11-20(15)22)19-16(21)18-13-7-5-4-6-8-13/h4-9,11-12,22H,2-3,10H2,1H3,(H2,18,19,21). The van der Waals surface area contributed by atoms with Crippen LogP contribution in [0.1, 0.15) is 19.8 Å². The van der Waals surface area contributed by atoms with Gasteiger partial charge in [0.05, 0.1) is 0 Å². The van der Waals surface area contributed by atoms with Crippen LogP contribution >= 0.6 is 0 Å². The summed E-state index contributed by atoms with van der Waals surface area (Å²) in [7, 11) is 0. The van der Waals surface area contributed by atoms with Gasteiger partial charge in [0.1, 0.15) is 0 Å². The molecule has 1 aromatic carbocycles. The molecule has 0 saturated heterocycles. The molecular formula is C16H20N4O2. The number of pyridine rings is 1. The minimum atomic E-state index is -0.346. The molecule has 6 heteroatoms. The minimum Gasteiger partial charge on any atom is -0.427 e. The van der Waals surface area contributed by atoms with Gasteiger partial charge in [-0.25, -0.2) is 4.79 Å². The van der Waals surface area contributed by atoms with Gasteiger partial charge in [0.2, 0.25) is 0 Å². The maximum atomic E-state index is 11.9. The van der Waals surface area contributed by atoms with Crippen molar-refractivity contribution in [3.05, 3.63) is 54.1 Å². The lowest BCUT2D eigenvalue weighted by molar-refractivity contribution is 0.171. The summed E-state index contributed by atoms with van der Waals surface area (Å²) in [5.41, 5.74) is 1.68. The molecule has 0 fully saturated rings. The quantitative estimate of drug-likeness (QED) is 0.586. The van der Waals surface area contributed by atoms with E-state index in [1.165, 1.54) is 6.20 Å². The Balaban J connectivity index is 2.05. The number of aromatic nitrogens is 1. The van der Waals surface area contributed by atoms with Crippen molar-refractivity contribution in [2.45, 2.75) is 19.8 Å². The maximum absolute atomic E-state index is 11.9. The van der Waals surface area contributed by atoms with Crippen molar-refractivity contribution in [1.29, 1.82) is 0 Å². The molecule has 0 aliphatic heterocycles. The molecule has 2 rings (SSSR count). The van der Waals surface area contributed by atoms with Gasteiger partial charge >= 0.3 is 6.03 Å². The fraction of sp³-hybridized carbons (Fsp3) is 0.250. The summed E-state index contributed by atoms with van der Waals surface area (Å²) in [5.74, 6) is 0. The predicted molar refractivity (Wildman–Crippen MR) is 86.0 cm³/mol. The van der Waals surface area contributed by atoms with Gasteiger partial charge in [0.25, 0.3) is 0 Å². The fourth-order valence-electron chi connectivity index (χ4n) is 1.84. The molecule has 0 aliphatic rings. The largest absolute Gasteiger partial charge is 0.427 e. The molecule has 2 amide bonds. The van der Waals surface area contributed by atoms with Crippen molar-refractivity contribution in [2.75, 3.05) is 17.2 Å². The summed E-state index contributed by atoms with van der Waals surface area (Å²) in [5, 5.41) is 15.1. The van der Waals surface area contributed by atoms with E-state index in [9.17, 15) is 10.0 Å².